The van der Waals surface area contributed by atoms with E-state index < -0.39 is 0 Å². The highest BCUT2D eigenvalue weighted by Gasteiger charge is 2.31. The topological polar surface area (TPSA) is 38.1 Å². The molecule has 3 rings (SSSR count). The van der Waals surface area contributed by atoms with Crippen molar-refractivity contribution >= 4 is 18.3 Å². The number of likely N-dealkylation sites (N-methyl/N-ethyl adjacent to an activating group) is 1. The minimum Gasteiger partial charge on any atom is -0.338 e. The van der Waals surface area contributed by atoms with Crippen LogP contribution in [-0.4, -0.2) is 27.4 Å². The van der Waals surface area contributed by atoms with Crippen molar-refractivity contribution in [1.82, 2.24) is 14.5 Å². The number of imidazole rings is 1. The first-order chi connectivity index (χ1) is 8.27. The van der Waals surface area contributed by atoms with Gasteiger partial charge in [-0.25, -0.2) is 4.98 Å². The fraction of sp³-hybridized carbons (Fsp3) is 0.231. The number of halogens is 1. The van der Waals surface area contributed by atoms with Crippen LogP contribution < -0.4 is 0 Å². The molecular formula is C13H14ClN3O. The largest absolute Gasteiger partial charge is 0.338 e. The normalized spacial score (nSPS) is 18.2. The number of carbonyl (C=O) groups excluding carboxylic acids is 1. The molecule has 1 aliphatic rings. The van der Waals surface area contributed by atoms with Gasteiger partial charge in [-0.2, -0.15) is 0 Å². The highest BCUT2D eigenvalue weighted by atomic mass is 35.5. The van der Waals surface area contributed by atoms with E-state index in [4.69, 9.17) is 0 Å². The van der Waals surface area contributed by atoms with Crippen LogP contribution >= 0.6 is 12.4 Å². The van der Waals surface area contributed by atoms with Gasteiger partial charge < -0.3 is 9.47 Å². The van der Waals surface area contributed by atoms with Gasteiger partial charge in [-0.1, -0.05) is 30.3 Å². The maximum atomic E-state index is 12.3. The van der Waals surface area contributed by atoms with Crippen LogP contribution in [0.15, 0.2) is 42.9 Å². The summed E-state index contributed by atoms with van der Waals surface area (Å²) in [5, 5.41) is 0. The third kappa shape index (κ3) is 1.88. The van der Waals surface area contributed by atoms with Crippen molar-refractivity contribution in [3.05, 3.63) is 54.1 Å². The molecule has 1 amide bonds. The van der Waals surface area contributed by atoms with Gasteiger partial charge in [0.15, 0.2) is 0 Å². The van der Waals surface area contributed by atoms with Crippen LogP contribution in [0.4, 0.5) is 0 Å². The molecule has 0 spiro atoms. The Morgan fingerprint density at radius 1 is 1.28 bits per heavy atom. The van der Waals surface area contributed by atoms with Crippen LogP contribution in [0, 0.1) is 0 Å². The van der Waals surface area contributed by atoms with Gasteiger partial charge in [0.25, 0.3) is 0 Å². The SMILES string of the molecule is CN1Cc2cncn2C(c2ccccc2)C1=O.Cl. The number of amides is 1. The lowest BCUT2D eigenvalue weighted by molar-refractivity contribution is -0.134. The molecule has 1 aromatic carbocycles. The summed E-state index contributed by atoms with van der Waals surface area (Å²) in [4.78, 5) is 18.1. The Balaban J connectivity index is 0.00000120. The average molecular weight is 264 g/mol. The highest BCUT2D eigenvalue weighted by molar-refractivity contribution is 5.85. The third-order valence-corrected chi connectivity index (χ3v) is 3.15. The Bertz CT molecular complexity index is 552. The van der Waals surface area contributed by atoms with Gasteiger partial charge in [0.05, 0.1) is 18.6 Å². The number of hydrogen-bond acceptors (Lipinski definition) is 2. The number of nitrogens with zero attached hydrogens (tertiary/aromatic N) is 3. The number of aromatic nitrogens is 2. The summed E-state index contributed by atoms with van der Waals surface area (Å²) in [5.41, 5.74) is 2.07. The Hall–Kier alpha value is -1.81. The minimum absolute atomic E-state index is 0. The molecule has 1 aromatic heterocycles. The van der Waals surface area contributed by atoms with Crippen molar-refractivity contribution in [1.29, 1.82) is 0 Å². The number of rotatable bonds is 1. The smallest absolute Gasteiger partial charge is 0.250 e. The fourth-order valence-corrected chi connectivity index (χ4v) is 2.27. The van der Waals surface area contributed by atoms with Gasteiger partial charge in [0, 0.05) is 13.2 Å². The lowest BCUT2D eigenvalue weighted by Crippen LogP contribution is -2.40. The summed E-state index contributed by atoms with van der Waals surface area (Å²) in [5.74, 6) is 0.113. The van der Waals surface area contributed by atoms with Gasteiger partial charge in [-0.15, -0.1) is 12.4 Å². The predicted octanol–water partition coefficient (Wildman–Crippen LogP) is 1.87. The molecule has 1 atom stereocenters. The predicted molar refractivity (Wildman–Crippen MR) is 70.5 cm³/mol. The van der Waals surface area contributed by atoms with Gasteiger partial charge in [-0.05, 0) is 5.56 Å². The van der Waals surface area contributed by atoms with Crippen LogP contribution in [-0.2, 0) is 11.3 Å². The Labute approximate surface area is 112 Å². The molecule has 1 unspecified atom stereocenters. The summed E-state index contributed by atoms with van der Waals surface area (Å²) >= 11 is 0. The molecule has 0 saturated carbocycles. The molecule has 2 aromatic rings. The maximum Gasteiger partial charge on any atom is 0.250 e. The zero-order chi connectivity index (χ0) is 11.8. The molecule has 18 heavy (non-hydrogen) atoms. The Kier molecular flexibility index (Phi) is 3.39. The molecule has 5 heteroatoms. The van der Waals surface area contributed by atoms with Gasteiger partial charge in [0.2, 0.25) is 5.91 Å². The van der Waals surface area contributed by atoms with Gasteiger partial charge in [0.1, 0.15) is 6.04 Å². The zero-order valence-corrected chi connectivity index (χ0v) is 10.8. The summed E-state index contributed by atoms with van der Waals surface area (Å²) in [6.07, 6.45) is 3.55. The van der Waals surface area contributed by atoms with Crippen LogP contribution in [0.2, 0.25) is 0 Å². The summed E-state index contributed by atoms with van der Waals surface area (Å²) in [6, 6.07) is 9.54. The molecule has 0 fully saturated rings. The first kappa shape index (κ1) is 12.6. The molecule has 94 valence electrons. The van der Waals surface area contributed by atoms with Gasteiger partial charge in [-0.3, -0.25) is 4.79 Å². The van der Waals surface area contributed by atoms with E-state index in [-0.39, 0.29) is 24.4 Å². The quantitative estimate of drug-likeness (QED) is 0.788. The molecule has 0 N–H and O–H groups in total. The molecular weight excluding hydrogens is 250 g/mol. The molecule has 1 aliphatic heterocycles. The van der Waals surface area contributed by atoms with E-state index in [9.17, 15) is 4.79 Å². The average Bonchev–Trinajstić information content (AvgIpc) is 2.79. The number of fused-ring (bicyclic) bond motifs is 1. The third-order valence-electron chi connectivity index (χ3n) is 3.15. The molecule has 0 aliphatic carbocycles. The second kappa shape index (κ2) is 4.82. The van der Waals surface area contributed by atoms with E-state index in [0.29, 0.717) is 6.54 Å². The molecule has 0 saturated heterocycles. The Morgan fingerprint density at radius 3 is 2.72 bits per heavy atom. The van der Waals surface area contributed by atoms with Crippen LogP contribution in [0.1, 0.15) is 17.3 Å². The maximum absolute atomic E-state index is 12.3. The van der Waals surface area contributed by atoms with E-state index in [2.05, 4.69) is 4.98 Å². The molecule has 0 bridgehead atoms. The second-order valence-corrected chi connectivity index (χ2v) is 4.30. The monoisotopic (exact) mass is 263 g/mol. The summed E-state index contributed by atoms with van der Waals surface area (Å²) in [6.45, 7) is 0.627. The van der Waals surface area contributed by atoms with E-state index in [0.717, 1.165) is 11.3 Å². The summed E-state index contributed by atoms with van der Waals surface area (Å²) in [7, 11) is 1.83. The number of carbonyl (C=O) groups is 1. The van der Waals surface area contributed by atoms with Gasteiger partial charge >= 0.3 is 0 Å². The van der Waals surface area contributed by atoms with Crippen LogP contribution in [0.3, 0.4) is 0 Å². The first-order valence-corrected chi connectivity index (χ1v) is 5.58. The highest BCUT2D eigenvalue weighted by Crippen LogP contribution is 2.27. The molecule has 2 heterocycles. The summed E-state index contributed by atoms with van der Waals surface area (Å²) < 4.78 is 1.96. The minimum atomic E-state index is -0.271. The number of hydrogen-bond donors (Lipinski definition) is 0. The van der Waals surface area contributed by atoms with E-state index in [1.54, 1.807) is 11.2 Å². The van der Waals surface area contributed by atoms with Crippen molar-refractivity contribution in [2.24, 2.45) is 0 Å². The number of benzene rings is 1. The lowest BCUT2D eigenvalue weighted by Gasteiger charge is -2.31. The fourth-order valence-electron chi connectivity index (χ4n) is 2.27. The van der Waals surface area contributed by atoms with Crippen LogP contribution in [0.25, 0.3) is 0 Å². The first-order valence-electron chi connectivity index (χ1n) is 5.58. The lowest BCUT2D eigenvalue weighted by atomic mass is 10.0. The van der Waals surface area contributed by atoms with Crippen molar-refractivity contribution in [2.75, 3.05) is 7.05 Å². The molecule has 4 nitrogen and oxygen atoms in total. The van der Waals surface area contributed by atoms with E-state index in [1.807, 2.05) is 48.1 Å². The Morgan fingerprint density at radius 2 is 2.00 bits per heavy atom. The van der Waals surface area contributed by atoms with Crippen LogP contribution in [0.5, 0.6) is 0 Å². The van der Waals surface area contributed by atoms with Crippen molar-refractivity contribution in [3.63, 3.8) is 0 Å². The van der Waals surface area contributed by atoms with Crippen molar-refractivity contribution in [2.45, 2.75) is 12.6 Å². The van der Waals surface area contributed by atoms with E-state index in [1.165, 1.54) is 0 Å². The van der Waals surface area contributed by atoms with E-state index >= 15 is 0 Å². The second-order valence-electron chi connectivity index (χ2n) is 4.30. The van der Waals surface area contributed by atoms with Crippen molar-refractivity contribution < 1.29 is 4.79 Å². The standard InChI is InChI=1S/C13H13N3O.ClH/c1-15-8-11-7-14-9-16(11)12(13(15)17)10-5-3-2-4-6-10;/h2-7,9,12H,8H2,1H3;1H. The molecule has 0 radical (unpaired) electrons. The van der Waals surface area contributed by atoms with Crippen molar-refractivity contribution in [3.8, 4) is 0 Å². The zero-order valence-electron chi connectivity index (χ0n) is 9.98.